The van der Waals surface area contributed by atoms with Crippen LogP contribution in [0.15, 0.2) is 47.1 Å². The van der Waals surface area contributed by atoms with Gasteiger partial charge in [-0.25, -0.2) is 0 Å². The summed E-state index contributed by atoms with van der Waals surface area (Å²) < 4.78 is 0.862. The van der Waals surface area contributed by atoms with E-state index < -0.39 is 23.2 Å². The van der Waals surface area contributed by atoms with Crippen LogP contribution >= 0.6 is 0 Å². The van der Waals surface area contributed by atoms with E-state index in [2.05, 4.69) is 65.0 Å². The van der Waals surface area contributed by atoms with Crippen molar-refractivity contribution in [1.29, 1.82) is 0 Å². The molecule has 3 heteroatoms. The van der Waals surface area contributed by atoms with E-state index in [0.29, 0.717) is 6.25 Å². The molecule has 20 heavy (non-hydrogen) atoms. The number of rotatable bonds is 4. The van der Waals surface area contributed by atoms with Gasteiger partial charge in [0.1, 0.15) is 0 Å². The van der Waals surface area contributed by atoms with Crippen molar-refractivity contribution in [2.24, 2.45) is 0 Å². The van der Waals surface area contributed by atoms with E-state index in [4.69, 9.17) is 0 Å². The fourth-order valence-electron chi connectivity index (χ4n) is 3.18. The van der Waals surface area contributed by atoms with Crippen LogP contribution in [0, 0.1) is 0 Å². The van der Waals surface area contributed by atoms with E-state index in [-0.39, 0.29) is 9.41 Å². The molecule has 0 aromatic rings. The van der Waals surface area contributed by atoms with Gasteiger partial charge >= 0.3 is 124 Å². The zero-order valence-electron chi connectivity index (χ0n) is 13.1. The summed E-state index contributed by atoms with van der Waals surface area (Å²) >= 11 is -0.600. The summed E-state index contributed by atoms with van der Waals surface area (Å²) in [7, 11) is 0. The van der Waals surface area contributed by atoms with Gasteiger partial charge < -0.3 is 9.41 Å². The Morgan fingerprint density at radius 1 is 1.05 bits per heavy atom. The van der Waals surface area contributed by atoms with E-state index in [1.807, 2.05) is 0 Å². The molecule has 1 unspecified atom stereocenters. The largest absolute Gasteiger partial charge is 1.00 e. The molecule has 0 aromatic heterocycles. The van der Waals surface area contributed by atoms with Gasteiger partial charge in [-0.15, -0.1) is 0 Å². The molecule has 0 nitrogen and oxygen atoms in total. The van der Waals surface area contributed by atoms with E-state index >= 15 is 0 Å². The maximum Gasteiger partial charge on any atom is -1.00 e. The van der Waals surface area contributed by atoms with Crippen molar-refractivity contribution >= 4 is 0 Å². The monoisotopic (exact) mass is 356 g/mol. The Labute approximate surface area is 133 Å². The number of hydrogen-bond acceptors (Lipinski definition) is 0. The minimum absolute atomic E-state index is 0. The van der Waals surface area contributed by atoms with Gasteiger partial charge in [-0.05, 0) is 0 Å². The van der Waals surface area contributed by atoms with Gasteiger partial charge in [0.2, 0.25) is 0 Å². The average molecular weight is 358 g/mol. The summed E-state index contributed by atoms with van der Waals surface area (Å²) in [6.45, 7) is 11.7. The first-order valence-electron chi connectivity index (χ1n) is 6.97. The van der Waals surface area contributed by atoms with Gasteiger partial charge in [0.25, 0.3) is 0 Å². The van der Waals surface area contributed by atoms with E-state index in [9.17, 15) is 0 Å². The Hall–Kier alpha value is -0.297. The summed E-state index contributed by atoms with van der Waals surface area (Å²) in [6.07, 6.45) is 14.7. The molecule has 1 atom stereocenters. The summed E-state index contributed by atoms with van der Waals surface area (Å²) in [5, 5.41) is 0. The Morgan fingerprint density at radius 3 is 2.00 bits per heavy atom. The second-order valence-corrected chi connectivity index (χ2v) is 11.4. The van der Waals surface area contributed by atoms with Crippen molar-refractivity contribution in [1.82, 2.24) is 0 Å². The molecule has 0 fully saturated rings. The van der Waals surface area contributed by atoms with Crippen LogP contribution in [0.3, 0.4) is 0 Å². The Kier molecular flexibility index (Phi) is 7.01. The third-order valence-electron chi connectivity index (χ3n) is 4.49. The van der Waals surface area contributed by atoms with Crippen LogP contribution in [0.25, 0.3) is 0 Å². The van der Waals surface area contributed by atoms with Gasteiger partial charge in [-0.1, -0.05) is 0 Å². The van der Waals surface area contributed by atoms with Crippen molar-refractivity contribution < 1.29 is 32.6 Å². The third-order valence-corrected chi connectivity index (χ3v) is 9.62. The molecule has 2 aliphatic rings. The second kappa shape index (κ2) is 7.11. The predicted molar refractivity (Wildman–Crippen MR) is 76.4 cm³/mol. The van der Waals surface area contributed by atoms with Gasteiger partial charge in [-0.2, -0.15) is 0 Å². The van der Waals surface area contributed by atoms with Gasteiger partial charge in [0, 0.05) is 0 Å². The molecule has 0 aromatic carbocycles. The minimum Gasteiger partial charge on any atom is -1.00 e. The van der Waals surface area contributed by atoms with Crippen molar-refractivity contribution in [2.45, 2.75) is 53.7 Å². The molecule has 2 rings (SSSR count). The fraction of sp³-hybridized carbons (Fsp3) is 0.529. The molecule has 0 aliphatic heterocycles. The standard InChI is InChI=1S/C9H13.C8H11.2FH.Zr/c1-6-5-7(2)9(4)8(6)3;1-2-5-8-6-3-4-7-8;;;/h5H,1-4H3;3-4,6-7H,2,5H2,1H3;2*1H;/q;;;;+2/p-2. The second-order valence-electron chi connectivity index (χ2n) is 5.91. The summed E-state index contributed by atoms with van der Waals surface area (Å²) in [6, 6.07) is 0. The van der Waals surface area contributed by atoms with Crippen molar-refractivity contribution in [3.05, 3.63) is 47.1 Å². The van der Waals surface area contributed by atoms with Crippen molar-refractivity contribution in [3.8, 4) is 0 Å². The smallest absolute Gasteiger partial charge is 1.00 e. The summed E-state index contributed by atoms with van der Waals surface area (Å²) in [5.41, 5.74) is 4.68. The fourth-order valence-corrected chi connectivity index (χ4v) is 9.00. The number of hydrogen-bond donors (Lipinski definition) is 0. The maximum absolute atomic E-state index is 2.56. The topological polar surface area (TPSA) is 0 Å². The van der Waals surface area contributed by atoms with Gasteiger partial charge in [0.15, 0.2) is 0 Å². The zero-order valence-corrected chi connectivity index (χ0v) is 15.5. The first kappa shape index (κ1) is 19.7. The minimum atomic E-state index is -0.600. The van der Waals surface area contributed by atoms with Crippen LogP contribution in [0.1, 0.15) is 47.5 Å². The molecule has 0 saturated carbocycles. The number of allylic oxidation sites excluding steroid dienone is 8. The van der Waals surface area contributed by atoms with Crippen molar-refractivity contribution in [2.75, 3.05) is 0 Å². The van der Waals surface area contributed by atoms with Gasteiger partial charge in [0.05, 0.1) is 0 Å². The van der Waals surface area contributed by atoms with Crippen molar-refractivity contribution in [3.63, 3.8) is 0 Å². The van der Waals surface area contributed by atoms with Crippen LogP contribution < -0.4 is 9.41 Å². The quantitative estimate of drug-likeness (QED) is 0.644. The molecule has 0 heterocycles. The normalized spacial score (nSPS) is 25.9. The molecule has 0 N–H and O–H groups in total. The molecule has 0 bridgehead atoms. The van der Waals surface area contributed by atoms with E-state index in [0.717, 1.165) is 0 Å². The molecule has 2 aliphatic carbocycles. The molecular formula is C17H24F2Zr. The Balaban J connectivity index is 0.00000180. The first-order valence-corrected chi connectivity index (χ1v) is 9.42. The average Bonchev–Trinajstić information content (AvgIpc) is 2.81. The summed E-state index contributed by atoms with van der Waals surface area (Å²) in [4.78, 5) is 0. The molecule has 0 saturated heterocycles. The van der Waals surface area contributed by atoms with Crippen LogP contribution in [-0.4, -0.2) is 0 Å². The third kappa shape index (κ3) is 3.47. The molecule has 0 radical (unpaired) electrons. The zero-order chi connectivity index (χ0) is 13.4. The number of halogens is 2. The predicted octanol–water partition coefficient (Wildman–Crippen LogP) is -0.363. The molecule has 0 amide bonds. The van der Waals surface area contributed by atoms with Crippen LogP contribution in [0.4, 0.5) is 0 Å². The van der Waals surface area contributed by atoms with Crippen LogP contribution in [0.2, 0.25) is 6.25 Å². The van der Waals surface area contributed by atoms with Crippen LogP contribution in [-0.2, 0) is 23.2 Å². The SMILES string of the molecule is CCC[C]1([Zr+2][C]2(C)C=C(C)C(C)=C2C)C=CC=C1.[F-].[F-]. The first-order chi connectivity index (χ1) is 8.42. The maximum atomic E-state index is 2.56. The Morgan fingerprint density at radius 2 is 1.60 bits per heavy atom. The molecule has 110 valence electrons. The van der Waals surface area contributed by atoms with Crippen LogP contribution in [0.5, 0.6) is 0 Å². The van der Waals surface area contributed by atoms with E-state index in [1.165, 1.54) is 24.0 Å². The van der Waals surface area contributed by atoms with E-state index in [1.54, 1.807) is 5.57 Å². The Bertz CT molecular complexity index is 459. The molecular weight excluding hydrogens is 333 g/mol. The summed E-state index contributed by atoms with van der Waals surface area (Å²) in [5.74, 6) is 0. The molecule has 0 spiro atoms. The van der Waals surface area contributed by atoms with Gasteiger partial charge in [-0.3, -0.25) is 0 Å².